The zero-order chi connectivity index (χ0) is 11.8. The van der Waals surface area contributed by atoms with E-state index in [1.807, 2.05) is 7.05 Å². The summed E-state index contributed by atoms with van der Waals surface area (Å²) in [5.41, 5.74) is 0. The van der Waals surface area contributed by atoms with Crippen molar-refractivity contribution in [2.75, 3.05) is 13.6 Å². The fraction of sp³-hybridized carbons (Fsp3) is 0.923. The molecule has 1 aliphatic rings. The number of aliphatic imine (C=N–C) groups is 1. The molecule has 1 saturated carbocycles. The molecule has 0 heterocycles. The molecule has 17 heavy (non-hydrogen) atoms. The van der Waals surface area contributed by atoms with Crippen LogP contribution >= 0.6 is 24.0 Å². The standard InChI is InChI=1S/C13H27N3.HI/c1-11(2)16-13(14-3)15-10-6-9-12-7-4-5-8-12;/h11-12H,4-10H2,1-3H3,(H2,14,15,16);1H. The van der Waals surface area contributed by atoms with Crippen LogP contribution in [0.1, 0.15) is 52.4 Å². The molecule has 0 radical (unpaired) electrons. The maximum atomic E-state index is 4.19. The minimum atomic E-state index is 0. The number of hydrogen-bond acceptors (Lipinski definition) is 1. The Bertz CT molecular complexity index is 211. The van der Waals surface area contributed by atoms with Crippen LogP contribution in [0.2, 0.25) is 0 Å². The first-order valence-corrected chi connectivity index (χ1v) is 6.69. The topological polar surface area (TPSA) is 36.4 Å². The smallest absolute Gasteiger partial charge is 0.191 e. The van der Waals surface area contributed by atoms with E-state index >= 15 is 0 Å². The zero-order valence-corrected chi connectivity index (χ0v) is 13.8. The van der Waals surface area contributed by atoms with Crippen molar-refractivity contribution in [3.8, 4) is 0 Å². The van der Waals surface area contributed by atoms with Crippen LogP contribution in [0.5, 0.6) is 0 Å². The van der Waals surface area contributed by atoms with E-state index in [1.165, 1.54) is 38.5 Å². The minimum absolute atomic E-state index is 0. The van der Waals surface area contributed by atoms with Crippen molar-refractivity contribution >= 4 is 29.9 Å². The molecule has 0 atom stereocenters. The van der Waals surface area contributed by atoms with Crippen LogP contribution < -0.4 is 10.6 Å². The normalized spacial score (nSPS) is 17.1. The molecule has 0 aromatic rings. The van der Waals surface area contributed by atoms with Gasteiger partial charge >= 0.3 is 0 Å². The van der Waals surface area contributed by atoms with Crippen molar-refractivity contribution in [1.82, 2.24) is 10.6 Å². The summed E-state index contributed by atoms with van der Waals surface area (Å²) in [6.45, 7) is 5.31. The first-order chi connectivity index (χ1) is 7.72. The Morgan fingerprint density at radius 1 is 1.29 bits per heavy atom. The van der Waals surface area contributed by atoms with E-state index < -0.39 is 0 Å². The summed E-state index contributed by atoms with van der Waals surface area (Å²) < 4.78 is 0. The molecule has 1 aliphatic carbocycles. The van der Waals surface area contributed by atoms with Gasteiger partial charge in [0.2, 0.25) is 0 Å². The number of nitrogens with one attached hydrogen (secondary N) is 2. The van der Waals surface area contributed by atoms with Gasteiger partial charge in [0, 0.05) is 19.6 Å². The summed E-state index contributed by atoms with van der Waals surface area (Å²) in [7, 11) is 1.83. The lowest BCUT2D eigenvalue weighted by molar-refractivity contribution is 0.481. The molecule has 0 bridgehead atoms. The molecule has 1 rings (SSSR count). The van der Waals surface area contributed by atoms with Gasteiger partial charge in [-0.15, -0.1) is 24.0 Å². The third-order valence-corrected chi connectivity index (χ3v) is 3.21. The Morgan fingerprint density at radius 2 is 1.94 bits per heavy atom. The highest BCUT2D eigenvalue weighted by Crippen LogP contribution is 2.28. The first-order valence-electron chi connectivity index (χ1n) is 6.69. The van der Waals surface area contributed by atoms with Gasteiger partial charge in [0.05, 0.1) is 0 Å². The average Bonchev–Trinajstić information content (AvgIpc) is 2.74. The van der Waals surface area contributed by atoms with Gasteiger partial charge in [-0.25, -0.2) is 0 Å². The van der Waals surface area contributed by atoms with Gasteiger partial charge < -0.3 is 10.6 Å². The van der Waals surface area contributed by atoms with E-state index in [0.29, 0.717) is 6.04 Å². The second-order valence-corrected chi connectivity index (χ2v) is 5.09. The van der Waals surface area contributed by atoms with E-state index in [9.17, 15) is 0 Å². The van der Waals surface area contributed by atoms with Crippen LogP contribution in [0.3, 0.4) is 0 Å². The SMILES string of the molecule is CN=C(NCCCC1CCCC1)NC(C)C.I. The maximum Gasteiger partial charge on any atom is 0.191 e. The largest absolute Gasteiger partial charge is 0.356 e. The molecule has 1 fully saturated rings. The van der Waals surface area contributed by atoms with Crippen molar-refractivity contribution in [3.05, 3.63) is 0 Å². The highest BCUT2D eigenvalue weighted by molar-refractivity contribution is 14.0. The predicted molar refractivity (Wildman–Crippen MR) is 86.2 cm³/mol. The lowest BCUT2D eigenvalue weighted by Gasteiger charge is -2.15. The molecular formula is C13H28IN3. The summed E-state index contributed by atoms with van der Waals surface area (Å²) in [6, 6.07) is 0.445. The van der Waals surface area contributed by atoms with E-state index in [0.717, 1.165) is 18.4 Å². The van der Waals surface area contributed by atoms with Crippen molar-refractivity contribution in [2.45, 2.75) is 58.4 Å². The van der Waals surface area contributed by atoms with Gasteiger partial charge in [-0.2, -0.15) is 0 Å². The fourth-order valence-corrected chi connectivity index (χ4v) is 2.36. The van der Waals surface area contributed by atoms with Crippen LogP contribution in [0.4, 0.5) is 0 Å². The van der Waals surface area contributed by atoms with E-state index in [1.54, 1.807) is 0 Å². The number of nitrogens with zero attached hydrogens (tertiary/aromatic N) is 1. The molecule has 0 aromatic heterocycles. The van der Waals surface area contributed by atoms with Crippen LogP contribution in [-0.4, -0.2) is 25.6 Å². The summed E-state index contributed by atoms with van der Waals surface area (Å²) in [5, 5.41) is 6.66. The summed E-state index contributed by atoms with van der Waals surface area (Å²) in [6.07, 6.45) is 8.47. The van der Waals surface area contributed by atoms with Crippen molar-refractivity contribution in [2.24, 2.45) is 10.9 Å². The quantitative estimate of drug-likeness (QED) is 0.345. The number of halogens is 1. The molecule has 0 spiro atoms. The highest BCUT2D eigenvalue weighted by atomic mass is 127. The zero-order valence-electron chi connectivity index (χ0n) is 11.5. The van der Waals surface area contributed by atoms with Crippen molar-refractivity contribution in [3.63, 3.8) is 0 Å². The molecular weight excluding hydrogens is 325 g/mol. The molecule has 0 saturated heterocycles. The maximum absolute atomic E-state index is 4.19. The van der Waals surface area contributed by atoms with Gasteiger partial charge in [-0.05, 0) is 32.6 Å². The van der Waals surface area contributed by atoms with Crippen LogP contribution in [0.15, 0.2) is 4.99 Å². The van der Waals surface area contributed by atoms with Gasteiger partial charge in [0.25, 0.3) is 0 Å². The van der Waals surface area contributed by atoms with Gasteiger partial charge in [-0.3, -0.25) is 4.99 Å². The molecule has 0 unspecified atom stereocenters. The first kappa shape index (κ1) is 17.0. The molecule has 3 nitrogen and oxygen atoms in total. The molecule has 0 amide bonds. The average molecular weight is 353 g/mol. The Hall–Kier alpha value is 0. The van der Waals surface area contributed by atoms with Crippen molar-refractivity contribution in [1.29, 1.82) is 0 Å². The summed E-state index contributed by atoms with van der Waals surface area (Å²) in [5.74, 6) is 1.93. The summed E-state index contributed by atoms with van der Waals surface area (Å²) in [4.78, 5) is 4.19. The fourth-order valence-electron chi connectivity index (χ4n) is 2.36. The molecule has 4 heteroatoms. The van der Waals surface area contributed by atoms with Gasteiger partial charge in [0.15, 0.2) is 5.96 Å². The van der Waals surface area contributed by atoms with E-state index in [-0.39, 0.29) is 24.0 Å². The Balaban J connectivity index is 0.00000256. The monoisotopic (exact) mass is 353 g/mol. The van der Waals surface area contributed by atoms with Crippen LogP contribution in [0.25, 0.3) is 0 Å². The second-order valence-electron chi connectivity index (χ2n) is 5.09. The molecule has 0 aromatic carbocycles. The summed E-state index contributed by atoms with van der Waals surface area (Å²) >= 11 is 0. The Labute approximate surface area is 123 Å². The number of hydrogen-bond donors (Lipinski definition) is 2. The van der Waals surface area contributed by atoms with Crippen LogP contribution in [0, 0.1) is 5.92 Å². The highest BCUT2D eigenvalue weighted by Gasteiger charge is 2.13. The Kier molecular flexibility index (Phi) is 9.97. The van der Waals surface area contributed by atoms with Gasteiger partial charge in [-0.1, -0.05) is 25.7 Å². The lowest BCUT2D eigenvalue weighted by Crippen LogP contribution is -2.41. The van der Waals surface area contributed by atoms with Crippen LogP contribution in [-0.2, 0) is 0 Å². The number of rotatable bonds is 5. The van der Waals surface area contributed by atoms with E-state index in [2.05, 4.69) is 29.5 Å². The molecule has 0 aliphatic heterocycles. The van der Waals surface area contributed by atoms with Crippen molar-refractivity contribution < 1.29 is 0 Å². The second kappa shape index (κ2) is 9.97. The molecule has 2 N–H and O–H groups in total. The third kappa shape index (κ3) is 7.84. The Morgan fingerprint density at radius 3 is 2.47 bits per heavy atom. The predicted octanol–water partition coefficient (Wildman–Crippen LogP) is 3.15. The third-order valence-electron chi connectivity index (χ3n) is 3.21. The number of guanidine groups is 1. The molecule has 102 valence electrons. The lowest BCUT2D eigenvalue weighted by atomic mass is 10.0. The minimum Gasteiger partial charge on any atom is -0.356 e. The van der Waals surface area contributed by atoms with E-state index in [4.69, 9.17) is 0 Å². The van der Waals surface area contributed by atoms with Gasteiger partial charge in [0.1, 0.15) is 0 Å².